The molecule has 4 heterocycles. The van der Waals surface area contributed by atoms with Crippen molar-refractivity contribution in [3.8, 4) is 56.4 Å². The number of hydrogen-bond acceptors (Lipinski definition) is 6. The van der Waals surface area contributed by atoms with Gasteiger partial charge in [0.2, 0.25) is 0 Å². The average Bonchev–Trinajstić information content (AvgIpc) is 4.04. The second-order valence-corrected chi connectivity index (χ2v) is 14.7. The van der Waals surface area contributed by atoms with Crippen LogP contribution in [0, 0.1) is 0 Å². The zero-order valence-electron chi connectivity index (χ0n) is 39.5. The van der Waals surface area contributed by atoms with Crippen molar-refractivity contribution in [1.82, 2.24) is 15.0 Å². The molecule has 0 aliphatic heterocycles. The Hall–Kier alpha value is -7.41. The molecular weight excluding hydrogens is 719 g/mol. The minimum atomic E-state index is -0.617. The lowest BCUT2D eigenvalue weighted by Crippen LogP contribution is -2.00. The molecule has 4 aromatic heterocycles. The first-order valence-electron chi connectivity index (χ1n) is 23.1. The fraction of sp³-hybridized carbons (Fsp3) is 0. The molecule has 0 spiro atoms. The van der Waals surface area contributed by atoms with Crippen LogP contribution in [0.2, 0.25) is 0 Å². The van der Waals surface area contributed by atoms with Gasteiger partial charge in [0.05, 0.1) is 13.7 Å². The van der Waals surface area contributed by atoms with Crippen LogP contribution in [0.3, 0.4) is 0 Å². The highest BCUT2D eigenvalue weighted by Gasteiger charge is 2.19. The van der Waals surface area contributed by atoms with E-state index in [4.69, 9.17) is 22.5 Å². The average molecular weight is 758 g/mol. The fourth-order valence-electron chi connectivity index (χ4n) is 7.75. The molecule has 0 atom stereocenters. The lowest BCUT2D eigenvalue weighted by atomic mass is 9.93. The zero-order valence-corrected chi connectivity index (χ0v) is 30.4. The predicted molar refractivity (Wildman–Crippen MR) is 234 cm³/mol. The summed E-state index contributed by atoms with van der Waals surface area (Å²) in [5.74, 6) is -0.735. The van der Waals surface area contributed by atoms with Crippen LogP contribution in [0.15, 0.2) is 185 Å². The molecule has 12 rings (SSSR count). The van der Waals surface area contributed by atoms with E-state index in [0.717, 1.165) is 70.4 Å². The van der Waals surface area contributed by atoms with Crippen LogP contribution >= 0.6 is 11.3 Å². The molecule has 8 aromatic carbocycles. The maximum Gasteiger partial charge on any atom is 0.164 e. The van der Waals surface area contributed by atoms with Crippen LogP contribution in [0.25, 0.3) is 120 Å². The van der Waals surface area contributed by atoms with Gasteiger partial charge in [-0.25, -0.2) is 15.0 Å². The van der Waals surface area contributed by atoms with Gasteiger partial charge in [-0.15, -0.1) is 11.3 Å². The van der Waals surface area contributed by atoms with Crippen LogP contribution in [0.5, 0.6) is 0 Å². The van der Waals surface area contributed by atoms with E-state index in [1.165, 1.54) is 4.70 Å². The smallest absolute Gasteiger partial charge is 0.164 e. The molecule has 0 radical (unpaired) electrons. The van der Waals surface area contributed by atoms with E-state index in [2.05, 4.69) is 69.5 Å². The number of fused-ring (bicyclic) bond motifs is 9. The molecule has 0 aliphatic carbocycles. The van der Waals surface area contributed by atoms with Crippen LogP contribution in [-0.4, -0.2) is 15.0 Å². The van der Waals surface area contributed by atoms with Gasteiger partial charge in [-0.1, -0.05) is 121 Å². The summed E-state index contributed by atoms with van der Waals surface area (Å²) in [5.41, 5.74) is 6.49. The summed E-state index contributed by atoms with van der Waals surface area (Å²) >= 11 is 1.74. The topological polar surface area (TPSA) is 65.0 Å². The Morgan fingerprint density at radius 2 is 1.00 bits per heavy atom. The third-order valence-corrected chi connectivity index (χ3v) is 11.5. The number of hydrogen-bond donors (Lipinski definition) is 0. The van der Waals surface area contributed by atoms with Crippen LogP contribution in [0.1, 0.15) is 13.7 Å². The van der Waals surface area contributed by atoms with Gasteiger partial charge in [0, 0.05) is 64.0 Å². The van der Waals surface area contributed by atoms with Crippen molar-refractivity contribution in [2.24, 2.45) is 0 Å². The molecule has 12 aromatic rings. The summed E-state index contributed by atoms with van der Waals surface area (Å²) in [6.45, 7) is 0. The number of thiophene rings is 1. The Bertz CT molecular complexity index is 4000. The monoisotopic (exact) mass is 757 g/mol. The summed E-state index contributed by atoms with van der Waals surface area (Å²) in [7, 11) is 0. The van der Waals surface area contributed by atoms with Crippen molar-refractivity contribution in [3.05, 3.63) is 176 Å². The van der Waals surface area contributed by atoms with E-state index in [1.807, 2.05) is 48.5 Å². The van der Waals surface area contributed by atoms with Gasteiger partial charge < -0.3 is 8.83 Å². The number of rotatable bonds is 5. The molecule has 0 fully saturated rings. The number of nitrogens with zero attached hydrogens (tertiary/aromatic N) is 3. The zero-order chi connectivity index (χ0) is 46.2. The lowest BCUT2D eigenvalue weighted by molar-refractivity contribution is 0.668. The largest absolute Gasteiger partial charge is 0.456 e. The third-order valence-electron chi connectivity index (χ3n) is 10.3. The Kier molecular flexibility index (Phi) is 5.18. The van der Waals surface area contributed by atoms with E-state index in [1.54, 1.807) is 23.5 Å². The van der Waals surface area contributed by atoms with E-state index < -0.39 is 60.4 Å². The molecule has 266 valence electrons. The third kappa shape index (κ3) is 5.19. The maximum absolute atomic E-state index is 8.69. The summed E-state index contributed by atoms with van der Waals surface area (Å²) < 4.78 is 99.5. The summed E-state index contributed by atoms with van der Waals surface area (Å²) in [6.07, 6.45) is 0. The first-order chi connectivity index (χ1) is 32.4. The van der Waals surface area contributed by atoms with Gasteiger partial charge in [-0.05, 0) is 71.3 Å². The lowest BCUT2D eigenvalue weighted by Gasteiger charge is -2.10. The first-order valence-corrected chi connectivity index (χ1v) is 18.9. The molecule has 0 amide bonds. The van der Waals surface area contributed by atoms with Gasteiger partial charge in [-0.3, -0.25) is 0 Å². The maximum atomic E-state index is 8.69. The van der Waals surface area contributed by atoms with Gasteiger partial charge in [-0.2, -0.15) is 0 Å². The van der Waals surface area contributed by atoms with Crippen molar-refractivity contribution in [2.45, 2.75) is 0 Å². The van der Waals surface area contributed by atoms with Crippen LogP contribution in [0.4, 0.5) is 0 Å². The Balaban J connectivity index is 1.04. The highest BCUT2D eigenvalue weighted by atomic mass is 32.1. The molecule has 5 nitrogen and oxygen atoms in total. The molecule has 0 N–H and O–H groups in total. The highest BCUT2D eigenvalue weighted by Crippen LogP contribution is 2.46. The molecule has 0 saturated carbocycles. The number of aromatic nitrogens is 3. The minimum Gasteiger partial charge on any atom is -0.456 e. The molecular formula is C51H29N3O2S. The quantitative estimate of drug-likeness (QED) is 0.175. The summed E-state index contributed by atoms with van der Waals surface area (Å²) in [5, 5.41) is 6.02. The molecule has 57 heavy (non-hydrogen) atoms. The van der Waals surface area contributed by atoms with Gasteiger partial charge in [0.1, 0.15) is 22.3 Å². The second kappa shape index (κ2) is 12.6. The van der Waals surface area contributed by atoms with Gasteiger partial charge >= 0.3 is 0 Å². The summed E-state index contributed by atoms with van der Waals surface area (Å²) in [4.78, 5) is 13.6. The molecule has 0 saturated heterocycles. The molecule has 0 aliphatic rings. The van der Waals surface area contributed by atoms with Crippen molar-refractivity contribution in [3.63, 3.8) is 0 Å². The predicted octanol–water partition coefficient (Wildman–Crippen LogP) is 14.4. The normalized spacial score (nSPS) is 14.3. The van der Waals surface area contributed by atoms with E-state index in [0.29, 0.717) is 16.7 Å². The standard InChI is InChI=1S/C51H29N3O2S/c1-3-12-30(13-4-1)49-52-50(31-14-5-2-6-15-31)54-51(53-49)33-23-25-37-36-24-22-32(28-44(36)56-45(37)29-33)40-26-34(27-41-38-16-8-10-21-46(38)57-48(40)41)35-18-11-20-43-47(35)39-17-7-9-19-42(39)55-43/h1-29H/i1D,2D,3D,4D,5D,6D,12D,13D,14D,15D. The molecule has 6 heteroatoms. The summed E-state index contributed by atoms with van der Waals surface area (Å²) in [6, 6.07) is 32.6. The van der Waals surface area contributed by atoms with E-state index in [-0.39, 0.29) is 28.6 Å². The van der Waals surface area contributed by atoms with Crippen LogP contribution in [-0.2, 0) is 0 Å². The van der Waals surface area contributed by atoms with E-state index >= 15 is 0 Å². The van der Waals surface area contributed by atoms with Crippen molar-refractivity contribution in [1.29, 1.82) is 0 Å². The van der Waals surface area contributed by atoms with Crippen LogP contribution < -0.4 is 0 Å². The van der Waals surface area contributed by atoms with E-state index in [9.17, 15) is 0 Å². The Morgan fingerprint density at radius 1 is 0.404 bits per heavy atom. The number of furan rings is 2. The van der Waals surface area contributed by atoms with Gasteiger partial charge in [0.15, 0.2) is 17.5 Å². The van der Waals surface area contributed by atoms with Gasteiger partial charge in [0.25, 0.3) is 0 Å². The highest BCUT2D eigenvalue weighted by molar-refractivity contribution is 7.26. The number of para-hydroxylation sites is 1. The SMILES string of the molecule is [2H]c1c([2H])c([2H])c(-c2nc(-c3ccc4c(c3)oc3cc(-c5cc(-c6cccc7oc8ccccc8c67)cc6c5sc5ccccc56)ccc34)nc(-c3c([2H])c([2H])c([2H])c([2H])c3[2H])n2)c([2H])c1[2H]. The first kappa shape index (κ1) is 23.5. The second-order valence-electron chi connectivity index (χ2n) is 13.6. The van der Waals surface area contributed by atoms with Crippen molar-refractivity contribution in [2.75, 3.05) is 0 Å². The minimum absolute atomic E-state index is 0.0499. The van der Waals surface area contributed by atoms with Crippen molar-refractivity contribution < 1.29 is 22.5 Å². The molecule has 0 bridgehead atoms. The Labute approximate surface area is 344 Å². The number of benzene rings is 8. The fourth-order valence-corrected chi connectivity index (χ4v) is 8.97. The Morgan fingerprint density at radius 3 is 1.74 bits per heavy atom. The molecule has 0 unspecified atom stereocenters. The van der Waals surface area contributed by atoms with Crippen molar-refractivity contribution >= 4 is 75.4 Å².